The maximum Gasteiger partial charge on any atom is 0.337 e. The molecule has 9 heteroatoms. The smallest absolute Gasteiger partial charge is 0.337 e. The van der Waals surface area contributed by atoms with Crippen molar-refractivity contribution in [3.8, 4) is 0 Å². The van der Waals surface area contributed by atoms with E-state index in [9.17, 15) is 19.7 Å². The van der Waals surface area contributed by atoms with Gasteiger partial charge in [-0.1, -0.05) is 6.07 Å². The summed E-state index contributed by atoms with van der Waals surface area (Å²) in [4.78, 5) is 40.0. The minimum atomic E-state index is -0.514. The molecule has 0 unspecified atom stereocenters. The van der Waals surface area contributed by atoms with Gasteiger partial charge < -0.3 is 19.9 Å². The highest BCUT2D eigenvalue weighted by atomic mass is 16.6. The van der Waals surface area contributed by atoms with Crippen LogP contribution >= 0.6 is 0 Å². The summed E-state index contributed by atoms with van der Waals surface area (Å²) in [5, 5.41) is 14.0. The highest BCUT2D eigenvalue weighted by molar-refractivity contribution is 6.08. The molecule has 0 saturated carbocycles. The van der Waals surface area contributed by atoms with E-state index in [1.165, 1.54) is 25.3 Å². The van der Waals surface area contributed by atoms with Crippen LogP contribution in [-0.2, 0) is 4.74 Å². The lowest BCUT2D eigenvalue weighted by atomic mass is 10.1. The zero-order valence-electron chi connectivity index (χ0n) is 17.2. The van der Waals surface area contributed by atoms with Crippen LogP contribution in [0.15, 0.2) is 36.4 Å². The largest absolute Gasteiger partial charge is 0.465 e. The number of methoxy groups -OCH3 is 1. The Hall–Kier alpha value is -3.46. The van der Waals surface area contributed by atoms with Crippen molar-refractivity contribution in [3.63, 3.8) is 0 Å². The summed E-state index contributed by atoms with van der Waals surface area (Å²) in [5.41, 5.74) is 1.92. The number of piperazine rings is 1. The van der Waals surface area contributed by atoms with Crippen molar-refractivity contribution in [2.45, 2.75) is 6.92 Å². The molecule has 0 atom stereocenters. The van der Waals surface area contributed by atoms with Crippen molar-refractivity contribution in [3.05, 3.63) is 63.2 Å². The zero-order valence-corrected chi connectivity index (χ0v) is 17.2. The number of carbonyl (C=O) groups excluding carboxylic acids is 2. The Morgan fingerprint density at radius 3 is 2.47 bits per heavy atom. The lowest BCUT2D eigenvalue weighted by molar-refractivity contribution is -0.385. The van der Waals surface area contributed by atoms with Crippen LogP contribution < -0.4 is 10.2 Å². The van der Waals surface area contributed by atoms with Gasteiger partial charge in [0.1, 0.15) is 0 Å². The Morgan fingerprint density at radius 2 is 1.83 bits per heavy atom. The fourth-order valence-electron chi connectivity index (χ4n) is 3.46. The van der Waals surface area contributed by atoms with Crippen molar-refractivity contribution >= 4 is 28.9 Å². The van der Waals surface area contributed by atoms with Crippen molar-refractivity contribution in [2.75, 3.05) is 50.6 Å². The van der Waals surface area contributed by atoms with E-state index in [0.29, 0.717) is 11.3 Å². The summed E-state index contributed by atoms with van der Waals surface area (Å²) in [6, 6.07) is 9.40. The van der Waals surface area contributed by atoms with Gasteiger partial charge in [-0.15, -0.1) is 0 Å². The van der Waals surface area contributed by atoms with E-state index in [1.807, 2.05) is 7.05 Å². The Bertz CT molecular complexity index is 983. The number of esters is 1. The molecule has 1 aliphatic rings. The number of hydrogen-bond acceptors (Lipinski definition) is 7. The molecule has 0 aliphatic carbocycles. The van der Waals surface area contributed by atoms with E-state index >= 15 is 0 Å². The Morgan fingerprint density at radius 1 is 1.13 bits per heavy atom. The van der Waals surface area contributed by atoms with Crippen LogP contribution in [0.3, 0.4) is 0 Å². The number of rotatable bonds is 5. The van der Waals surface area contributed by atoms with Gasteiger partial charge in [-0.25, -0.2) is 4.79 Å². The zero-order chi connectivity index (χ0) is 21.8. The molecular formula is C21H24N4O5. The molecule has 1 fully saturated rings. The van der Waals surface area contributed by atoms with Crippen LogP contribution in [-0.4, -0.2) is 62.0 Å². The van der Waals surface area contributed by atoms with Crippen molar-refractivity contribution in [1.82, 2.24) is 4.90 Å². The Balaban J connectivity index is 1.96. The number of nitrogens with one attached hydrogen (secondary N) is 1. The lowest BCUT2D eigenvalue weighted by Crippen LogP contribution is -2.44. The van der Waals surface area contributed by atoms with Gasteiger partial charge >= 0.3 is 5.97 Å². The number of nitro groups is 1. The number of amides is 1. The van der Waals surface area contributed by atoms with Crippen LogP contribution in [0, 0.1) is 17.0 Å². The average Bonchev–Trinajstić information content (AvgIpc) is 2.73. The average molecular weight is 412 g/mol. The summed E-state index contributed by atoms with van der Waals surface area (Å²) < 4.78 is 4.79. The molecule has 0 spiro atoms. The van der Waals surface area contributed by atoms with E-state index in [4.69, 9.17) is 4.74 Å². The third-order valence-electron chi connectivity index (χ3n) is 5.26. The number of hydrogen-bond donors (Lipinski definition) is 1. The lowest BCUT2D eigenvalue weighted by Gasteiger charge is -2.35. The minimum absolute atomic E-state index is 0.120. The fraction of sp³-hybridized carbons (Fsp3) is 0.333. The summed E-state index contributed by atoms with van der Waals surface area (Å²) >= 11 is 0. The molecule has 2 aromatic carbocycles. The Kier molecular flexibility index (Phi) is 6.31. The number of benzene rings is 2. The Labute approximate surface area is 174 Å². The van der Waals surface area contributed by atoms with Gasteiger partial charge in [-0.05, 0) is 38.2 Å². The summed E-state index contributed by atoms with van der Waals surface area (Å²) in [5.74, 6) is -0.990. The predicted molar refractivity (Wildman–Crippen MR) is 113 cm³/mol. The third-order valence-corrected chi connectivity index (χ3v) is 5.26. The second-order valence-corrected chi connectivity index (χ2v) is 7.17. The fourth-order valence-corrected chi connectivity index (χ4v) is 3.46. The van der Waals surface area contributed by atoms with E-state index in [0.717, 1.165) is 31.9 Å². The molecule has 30 heavy (non-hydrogen) atoms. The standard InChI is InChI=1S/C21H24N4O5/c1-14-16(5-4-6-18(14)25(28)29)20(26)22-17-13-15(21(27)30-3)7-8-19(17)24-11-9-23(2)10-12-24/h4-8,13H,9-12H2,1-3H3,(H,22,26). The highest BCUT2D eigenvalue weighted by Gasteiger charge is 2.22. The molecular weight excluding hydrogens is 388 g/mol. The van der Waals surface area contributed by atoms with Crippen LogP contribution in [0.2, 0.25) is 0 Å². The molecule has 1 aliphatic heterocycles. The van der Waals surface area contributed by atoms with Crippen LogP contribution in [0.25, 0.3) is 0 Å². The van der Waals surface area contributed by atoms with Gasteiger partial charge in [0, 0.05) is 43.4 Å². The number of ether oxygens (including phenoxy) is 1. The third kappa shape index (κ3) is 4.41. The maximum atomic E-state index is 13.0. The molecule has 9 nitrogen and oxygen atoms in total. The molecule has 2 aromatic rings. The minimum Gasteiger partial charge on any atom is -0.465 e. The molecule has 158 valence electrons. The van der Waals surface area contributed by atoms with Gasteiger partial charge in [-0.2, -0.15) is 0 Å². The van der Waals surface area contributed by atoms with Crippen molar-refractivity contribution in [1.29, 1.82) is 0 Å². The van der Waals surface area contributed by atoms with Crippen LogP contribution in [0.1, 0.15) is 26.3 Å². The van der Waals surface area contributed by atoms with Crippen molar-refractivity contribution < 1.29 is 19.2 Å². The SMILES string of the molecule is COC(=O)c1ccc(N2CCN(C)CC2)c(NC(=O)c2cccc([N+](=O)[O-])c2C)c1. The van der Waals surface area contributed by atoms with E-state index < -0.39 is 16.8 Å². The van der Waals surface area contributed by atoms with E-state index in [1.54, 1.807) is 25.1 Å². The molecule has 1 saturated heterocycles. The second kappa shape index (κ2) is 8.91. The number of nitrogens with zero attached hydrogens (tertiary/aromatic N) is 3. The normalized spacial score (nSPS) is 14.3. The number of carbonyl (C=O) groups is 2. The molecule has 0 radical (unpaired) electrons. The van der Waals surface area contributed by atoms with Gasteiger partial charge in [-0.3, -0.25) is 14.9 Å². The van der Waals surface area contributed by atoms with Gasteiger partial charge in [0.25, 0.3) is 11.6 Å². The van der Waals surface area contributed by atoms with Gasteiger partial charge in [0.15, 0.2) is 0 Å². The first-order chi connectivity index (χ1) is 14.3. The predicted octanol–water partition coefficient (Wildman–Crippen LogP) is 2.69. The molecule has 1 amide bonds. The number of likely N-dealkylation sites (N-methyl/N-ethyl adjacent to an activating group) is 1. The first-order valence-electron chi connectivity index (χ1n) is 9.53. The summed E-state index contributed by atoms with van der Waals surface area (Å²) in [6.45, 7) is 4.82. The van der Waals surface area contributed by atoms with Crippen molar-refractivity contribution in [2.24, 2.45) is 0 Å². The second-order valence-electron chi connectivity index (χ2n) is 7.17. The molecule has 0 aromatic heterocycles. The van der Waals surface area contributed by atoms with Gasteiger partial charge in [0.05, 0.1) is 29.0 Å². The summed E-state index contributed by atoms with van der Waals surface area (Å²) in [7, 11) is 3.34. The summed E-state index contributed by atoms with van der Waals surface area (Å²) in [6.07, 6.45) is 0. The van der Waals surface area contributed by atoms with Crippen LogP contribution in [0.5, 0.6) is 0 Å². The molecule has 1 N–H and O–H groups in total. The number of anilines is 2. The van der Waals surface area contributed by atoms with Crippen LogP contribution in [0.4, 0.5) is 17.1 Å². The quantitative estimate of drug-likeness (QED) is 0.457. The van der Waals surface area contributed by atoms with E-state index in [2.05, 4.69) is 15.1 Å². The maximum absolute atomic E-state index is 13.0. The number of nitro benzene ring substituents is 1. The van der Waals surface area contributed by atoms with Gasteiger partial charge in [0.2, 0.25) is 0 Å². The molecule has 0 bridgehead atoms. The topological polar surface area (TPSA) is 105 Å². The first-order valence-corrected chi connectivity index (χ1v) is 9.53. The first kappa shape index (κ1) is 21.3. The molecule has 1 heterocycles. The van der Waals surface area contributed by atoms with E-state index in [-0.39, 0.29) is 16.8 Å². The molecule has 3 rings (SSSR count). The monoisotopic (exact) mass is 412 g/mol. The highest BCUT2D eigenvalue weighted by Crippen LogP contribution is 2.30.